The van der Waals surface area contributed by atoms with Crippen molar-refractivity contribution < 1.29 is 24.3 Å². The number of hydrogen-bond donors (Lipinski definition) is 0. The van der Waals surface area contributed by atoms with Crippen LogP contribution in [-0.4, -0.2) is 26.7 Å². The highest BCUT2D eigenvalue weighted by Crippen LogP contribution is 2.32. The van der Waals surface area contributed by atoms with Crippen molar-refractivity contribution in [2.75, 3.05) is 0 Å². The van der Waals surface area contributed by atoms with Gasteiger partial charge in [-0.25, -0.2) is 0 Å². The number of rotatable bonds is 4. The van der Waals surface area contributed by atoms with E-state index in [1.165, 1.54) is 0 Å². The van der Waals surface area contributed by atoms with Gasteiger partial charge in [0, 0.05) is 18.9 Å². The number of benzene rings is 1. The molecule has 104 valence electrons. The first-order valence-electron chi connectivity index (χ1n) is 5.36. The molecule has 1 aliphatic heterocycles. The summed E-state index contributed by atoms with van der Waals surface area (Å²) in [6, 6.07) is 2.64. The number of hydrogen-bond acceptors (Lipinski definition) is 7. The van der Waals surface area contributed by atoms with Gasteiger partial charge in [0.05, 0.1) is 15.9 Å². The fraction of sp³-hybridized carbons (Fsp3) is 0.200. The van der Waals surface area contributed by atoms with E-state index in [0.29, 0.717) is 11.1 Å². The van der Waals surface area contributed by atoms with E-state index >= 15 is 0 Å². The molecule has 0 aliphatic carbocycles. The summed E-state index contributed by atoms with van der Waals surface area (Å²) in [4.78, 5) is 47.3. The monoisotopic (exact) mass is 281 g/mol. The lowest BCUT2D eigenvalue weighted by atomic mass is 10.2. The van der Waals surface area contributed by atoms with E-state index in [9.17, 15) is 29.8 Å². The first kappa shape index (κ1) is 13.4. The van der Waals surface area contributed by atoms with Gasteiger partial charge in [-0.15, -0.1) is 5.06 Å². The van der Waals surface area contributed by atoms with Crippen molar-refractivity contribution in [1.29, 1.82) is 0 Å². The second kappa shape index (κ2) is 4.91. The quantitative estimate of drug-likeness (QED) is 0.455. The summed E-state index contributed by atoms with van der Waals surface area (Å²) in [6.07, 6.45) is -0.0841. The van der Waals surface area contributed by atoms with E-state index in [1.54, 1.807) is 0 Å². The summed E-state index contributed by atoms with van der Waals surface area (Å²) in [5, 5.41) is 21.8. The zero-order valence-electron chi connectivity index (χ0n) is 9.85. The number of nitro groups is 2. The Kier molecular flexibility index (Phi) is 3.29. The van der Waals surface area contributed by atoms with Crippen molar-refractivity contribution in [2.24, 2.45) is 0 Å². The van der Waals surface area contributed by atoms with Crippen LogP contribution in [0.5, 0.6) is 5.75 Å². The molecule has 1 aromatic carbocycles. The van der Waals surface area contributed by atoms with E-state index < -0.39 is 38.8 Å². The van der Waals surface area contributed by atoms with Crippen LogP contribution in [-0.2, 0) is 9.59 Å². The second-order valence-electron chi connectivity index (χ2n) is 3.84. The Morgan fingerprint density at radius 2 is 1.65 bits per heavy atom. The van der Waals surface area contributed by atoms with Gasteiger partial charge in [0.2, 0.25) is 5.75 Å². The number of carbonyl (C=O) groups excluding carboxylic acids is 2. The van der Waals surface area contributed by atoms with E-state index in [1.807, 2.05) is 0 Å². The third-order valence-corrected chi connectivity index (χ3v) is 2.55. The molecular weight excluding hydrogens is 274 g/mol. The highest BCUT2D eigenvalue weighted by atomic mass is 16.7. The topological polar surface area (TPSA) is 133 Å². The van der Waals surface area contributed by atoms with E-state index in [4.69, 9.17) is 4.84 Å². The van der Waals surface area contributed by atoms with Gasteiger partial charge in [-0.1, -0.05) is 0 Å². The van der Waals surface area contributed by atoms with Crippen molar-refractivity contribution in [3.63, 3.8) is 0 Å². The Morgan fingerprint density at radius 1 is 1.05 bits per heavy atom. The lowest BCUT2D eigenvalue weighted by Crippen LogP contribution is -2.32. The minimum Gasteiger partial charge on any atom is -0.362 e. The van der Waals surface area contributed by atoms with Gasteiger partial charge in [-0.3, -0.25) is 29.8 Å². The number of hydroxylamine groups is 2. The van der Waals surface area contributed by atoms with Crippen LogP contribution in [0.25, 0.3) is 0 Å². The molecule has 0 spiro atoms. The SMILES string of the molecule is O=C1CCC(=O)N1Oc1ccc([N+](=O)[O-])cc1[N+](=O)[O-]. The third kappa shape index (κ3) is 2.39. The zero-order chi connectivity index (χ0) is 14.9. The highest BCUT2D eigenvalue weighted by molar-refractivity contribution is 6.00. The molecule has 2 amide bonds. The second-order valence-corrected chi connectivity index (χ2v) is 3.84. The molecule has 0 radical (unpaired) electrons. The molecule has 10 nitrogen and oxygen atoms in total. The Hall–Kier alpha value is -3.04. The molecule has 1 fully saturated rings. The Balaban J connectivity index is 2.36. The lowest BCUT2D eigenvalue weighted by molar-refractivity contribution is -0.395. The Bertz CT molecular complexity index is 611. The number of nitro benzene ring substituents is 2. The average Bonchev–Trinajstić information content (AvgIpc) is 2.70. The van der Waals surface area contributed by atoms with Gasteiger partial charge in [0.15, 0.2) is 0 Å². The van der Waals surface area contributed by atoms with Crippen molar-refractivity contribution in [3.8, 4) is 5.75 Å². The summed E-state index contributed by atoms with van der Waals surface area (Å²) in [7, 11) is 0. The fourth-order valence-corrected chi connectivity index (χ4v) is 1.60. The minimum atomic E-state index is -0.895. The van der Waals surface area contributed by atoms with Gasteiger partial charge in [0.1, 0.15) is 0 Å². The van der Waals surface area contributed by atoms with E-state index in [0.717, 1.165) is 12.1 Å². The van der Waals surface area contributed by atoms with E-state index in [2.05, 4.69) is 0 Å². The van der Waals surface area contributed by atoms with Crippen LogP contribution in [0.2, 0.25) is 0 Å². The van der Waals surface area contributed by atoms with Crippen molar-refractivity contribution in [1.82, 2.24) is 5.06 Å². The van der Waals surface area contributed by atoms with Gasteiger partial charge in [-0.05, 0) is 6.07 Å². The van der Waals surface area contributed by atoms with Crippen molar-refractivity contribution >= 4 is 23.2 Å². The predicted molar refractivity (Wildman–Crippen MR) is 61.5 cm³/mol. The molecule has 0 bridgehead atoms. The molecule has 1 heterocycles. The molecule has 1 saturated heterocycles. The first-order chi connectivity index (χ1) is 9.40. The molecule has 0 atom stereocenters. The summed E-state index contributed by atoms with van der Waals surface area (Å²) < 4.78 is 0. The van der Waals surface area contributed by atoms with Crippen LogP contribution >= 0.6 is 0 Å². The molecule has 2 rings (SSSR count). The molecule has 0 aromatic heterocycles. The van der Waals surface area contributed by atoms with Gasteiger partial charge in [-0.2, -0.15) is 0 Å². The number of non-ortho nitro benzene ring substituents is 1. The maximum absolute atomic E-state index is 11.3. The number of carbonyl (C=O) groups is 2. The fourth-order valence-electron chi connectivity index (χ4n) is 1.60. The lowest BCUT2D eigenvalue weighted by Gasteiger charge is -2.13. The largest absolute Gasteiger partial charge is 0.362 e. The number of amides is 2. The summed E-state index contributed by atoms with van der Waals surface area (Å²) >= 11 is 0. The van der Waals surface area contributed by atoms with Gasteiger partial charge >= 0.3 is 5.69 Å². The molecule has 1 aliphatic rings. The van der Waals surface area contributed by atoms with Crippen LogP contribution < -0.4 is 4.84 Å². The first-order valence-corrected chi connectivity index (χ1v) is 5.36. The van der Waals surface area contributed by atoms with Gasteiger partial charge in [0.25, 0.3) is 17.5 Å². The summed E-state index contributed by atoms with van der Waals surface area (Å²) in [6.45, 7) is 0. The van der Waals surface area contributed by atoms with Crippen LogP contribution in [0.4, 0.5) is 11.4 Å². The Morgan fingerprint density at radius 3 is 2.15 bits per heavy atom. The normalized spacial score (nSPS) is 14.5. The van der Waals surface area contributed by atoms with Crippen LogP contribution in [0, 0.1) is 20.2 Å². The zero-order valence-corrected chi connectivity index (χ0v) is 9.85. The molecule has 20 heavy (non-hydrogen) atoms. The minimum absolute atomic E-state index is 0.0421. The average molecular weight is 281 g/mol. The molecule has 0 unspecified atom stereocenters. The molecule has 1 aromatic rings. The smallest absolute Gasteiger partial charge is 0.321 e. The third-order valence-electron chi connectivity index (χ3n) is 2.55. The highest BCUT2D eigenvalue weighted by Gasteiger charge is 2.33. The van der Waals surface area contributed by atoms with Gasteiger partial charge < -0.3 is 4.84 Å². The summed E-state index contributed by atoms with van der Waals surface area (Å²) in [5.41, 5.74) is -1.20. The standard InChI is InChI=1S/C10H7N3O7/c14-9-3-4-10(15)11(9)20-8-2-1-6(12(16)17)5-7(8)13(18)19/h1-2,5H,3-4H2. The van der Waals surface area contributed by atoms with Crippen LogP contribution in [0.15, 0.2) is 18.2 Å². The maximum atomic E-state index is 11.3. The number of nitrogens with zero attached hydrogens (tertiary/aromatic N) is 3. The van der Waals surface area contributed by atoms with Crippen LogP contribution in [0.3, 0.4) is 0 Å². The van der Waals surface area contributed by atoms with Crippen molar-refractivity contribution in [3.05, 3.63) is 38.4 Å². The maximum Gasteiger partial charge on any atom is 0.321 e. The Labute approximate surface area is 110 Å². The molecule has 0 N–H and O–H groups in total. The summed E-state index contributed by atoms with van der Waals surface area (Å²) in [5.74, 6) is -1.66. The molecular formula is C10H7N3O7. The molecule has 10 heteroatoms. The van der Waals surface area contributed by atoms with Crippen LogP contribution in [0.1, 0.15) is 12.8 Å². The number of imide groups is 1. The van der Waals surface area contributed by atoms with E-state index in [-0.39, 0.29) is 12.8 Å². The predicted octanol–water partition coefficient (Wildman–Crippen LogP) is 0.946. The van der Waals surface area contributed by atoms with Crippen molar-refractivity contribution in [2.45, 2.75) is 12.8 Å². The molecule has 0 saturated carbocycles.